The smallest absolute Gasteiger partial charge is 0.394 e. The fraction of sp³-hybridized carbons (Fsp3) is 0.333. The number of hydrogen-bond donors (Lipinski definition) is 3. The van der Waals surface area contributed by atoms with Crippen LogP contribution in [0.1, 0.15) is 24.5 Å². The highest BCUT2D eigenvalue weighted by molar-refractivity contribution is 7.79. The molecule has 3 rings (SSSR count). The average Bonchev–Trinajstić information content (AvgIpc) is 2.60. The van der Waals surface area contributed by atoms with Gasteiger partial charge in [0.2, 0.25) is 0 Å². The summed E-state index contributed by atoms with van der Waals surface area (Å²) in [4.78, 5) is 0. The third kappa shape index (κ3) is 7.49. The molecule has 3 N–H and O–H groups in total. The minimum atomic E-state index is -4.67. The molecule has 0 amide bonds. The van der Waals surface area contributed by atoms with Crippen LogP contribution in [0.2, 0.25) is 0 Å². The van der Waals surface area contributed by atoms with Crippen LogP contribution in [0, 0.1) is 11.7 Å². The highest BCUT2D eigenvalue weighted by Crippen LogP contribution is 2.33. The van der Waals surface area contributed by atoms with Gasteiger partial charge in [-0.25, -0.2) is 4.39 Å². The summed E-state index contributed by atoms with van der Waals surface area (Å²) in [6.45, 7) is 2.03. The number of halogens is 1. The van der Waals surface area contributed by atoms with E-state index in [1.807, 2.05) is 24.3 Å². The zero-order valence-electron chi connectivity index (χ0n) is 14.1. The predicted molar refractivity (Wildman–Crippen MR) is 96.0 cm³/mol. The molecule has 6 nitrogen and oxygen atoms in total. The van der Waals surface area contributed by atoms with Crippen molar-refractivity contribution >= 4 is 10.4 Å². The average molecular weight is 383 g/mol. The summed E-state index contributed by atoms with van der Waals surface area (Å²) < 4.78 is 51.1. The molecular formula is C18H22FNO5S. The van der Waals surface area contributed by atoms with E-state index in [9.17, 15) is 4.39 Å². The Kier molecular flexibility index (Phi) is 7.52. The molecule has 1 atom stereocenters. The van der Waals surface area contributed by atoms with Crippen molar-refractivity contribution in [3.05, 3.63) is 66.0 Å². The van der Waals surface area contributed by atoms with Gasteiger partial charge >= 0.3 is 10.4 Å². The summed E-state index contributed by atoms with van der Waals surface area (Å²) in [6, 6.07) is 16.6. The molecule has 26 heavy (non-hydrogen) atoms. The molecule has 8 heteroatoms. The van der Waals surface area contributed by atoms with Crippen molar-refractivity contribution in [3.8, 4) is 5.75 Å². The van der Waals surface area contributed by atoms with Crippen LogP contribution < -0.4 is 10.1 Å². The lowest BCUT2D eigenvalue weighted by Crippen LogP contribution is -2.32. The molecule has 0 spiro atoms. The standard InChI is InChI=1S/C18H20FNO.H2O4S/c19-16-7-4-8-17(13-16)21-18(14-5-2-1-3-6-14)15-9-11-20-12-10-15;1-5(2,3)4/h1-8,13,15,18,20H,9-12H2;(H2,1,2,3,4). The van der Waals surface area contributed by atoms with E-state index in [4.69, 9.17) is 22.3 Å². The Labute approximate surface area is 152 Å². The summed E-state index contributed by atoms with van der Waals surface area (Å²) in [7, 11) is -4.67. The van der Waals surface area contributed by atoms with Crippen molar-refractivity contribution < 1.29 is 26.7 Å². The molecule has 1 aliphatic heterocycles. The predicted octanol–water partition coefficient (Wildman–Crippen LogP) is 3.29. The molecule has 0 aliphatic carbocycles. The maximum Gasteiger partial charge on any atom is 0.394 e. The molecule has 1 unspecified atom stereocenters. The van der Waals surface area contributed by atoms with Crippen molar-refractivity contribution in [2.45, 2.75) is 18.9 Å². The van der Waals surface area contributed by atoms with E-state index < -0.39 is 10.4 Å². The van der Waals surface area contributed by atoms with Gasteiger partial charge in [0.15, 0.2) is 0 Å². The quantitative estimate of drug-likeness (QED) is 0.701. The van der Waals surface area contributed by atoms with Crippen LogP contribution in [-0.4, -0.2) is 30.6 Å². The summed E-state index contributed by atoms with van der Waals surface area (Å²) in [6.07, 6.45) is 2.14. The van der Waals surface area contributed by atoms with Crippen LogP contribution in [-0.2, 0) is 10.4 Å². The maximum atomic E-state index is 13.4. The Morgan fingerprint density at radius 3 is 2.23 bits per heavy atom. The van der Waals surface area contributed by atoms with E-state index in [1.54, 1.807) is 6.07 Å². The van der Waals surface area contributed by atoms with Gasteiger partial charge in [0.25, 0.3) is 0 Å². The fourth-order valence-electron chi connectivity index (χ4n) is 2.91. The van der Waals surface area contributed by atoms with Gasteiger partial charge in [-0.15, -0.1) is 0 Å². The number of piperidine rings is 1. The lowest BCUT2D eigenvalue weighted by atomic mass is 9.88. The van der Waals surface area contributed by atoms with Crippen LogP contribution in [0.5, 0.6) is 5.75 Å². The second kappa shape index (κ2) is 9.63. The van der Waals surface area contributed by atoms with Gasteiger partial charge in [-0.1, -0.05) is 36.4 Å². The van der Waals surface area contributed by atoms with Crippen molar-refractivity contribution in [2.75, 3.05) is 13.1 Å². The summed E-state index contributed by atoms with van der Waals surface area (Å²) in [5, 5.41) is 3.38. The van der Waals surface area contributed by atoms with E-state index in [-0.39, 0.29) is 11.9 Å². The zero-order valence-corrected chi connectivity index (χ0v) is 14.9. The van der Waals surface area contributed by atoms with E-state index in [0.29, 0.717) is 11.7 Å². The van der Waals surface area contributed by atoms with Crippen LogP contribution in [0.15, 0.2) is 54.6 Å². The van der Waals surface area contributed by atoms with E-state index >= 15 is 0 Å². The molecule has 0 radical (unpaired) electrons. The van der Waals surface area contributed by atoms with E-state index in [2.05, 4.69) is 17.4 Å². The second-order valence-corrected chi connectivity index (χ2v) is 6.84. The maximum absolute atomic E-state index is 13.4. The first kappa shape index (κ1) is 20.3. The Balaban J connectivity index is 0.000000431. The molecule has 1 saturated heterocycles. The van der Waals surface area contributed by atoms with Gasteiger partial charge in [0.05, 0.1) is 0 Å². The molecule has 0 saturated carbocycles. The monoisotopic (exact) mass is 383 g/mol. The lowest BCUT2D eigenvalue weighted by Gasteiger charge is -2.31. The van der Waals surface area contributed by atoms with Crippen molar-refractivity contribution in [3.63, 3.8) is 0 Å². The topological polar surface area (TPSA) is 95.9 Å². The van der Waals surface area contributed by atoms with Crippen molar-refractivity contribution in [1.29, 1.82) is 0 Å². The van der Waals surface area contributed by atoms with Crippen molar-refractivity contribution in [2.24, 2.45) is 5.92 Å². The van der Waals surface area contributed by atoms with Gasteiger partial charge in [0.1, 0.15) is 17.7 Å². The summed E-state index contributed by atoms with van der Waals surface area (Å²) in [5.41, 5.74) is 1.16. The largest absolute Gasteiger partial charge is 0.485 e. The Morgan fingerprint density at radius 2 is 1.65 bits per heavy atom. The van der Waals surface area contributed by atoms with Gasteiger partial charge in [-0.05, 0) is 43.6 Å². The SMILES string of the molecule is Fc1cccc(OC(c2ccccc2)C2CCNCC2)c1.O=S(=O)(O)O. The van der Waals surface area contributed by atoms with E-state index in [1.165, 1.54) is 12.1 Å². The number of nitrogens with one attached hydrogen (secondary N) is 1. The highest BCUT2D eigenvalue weighted by Gasteiger charge is 2.26. The minimum Gasteiger partial charge on any atom is -0.485 e. The Morgan fingerprint density at radius 1 is 1.04 bits per heavy atom. The van der Waals surface area contributed by atoms with Gasteiger partial charge < -0.3 is 10.1 Å². The molecule has 2 aromatic rings. The molecular weight excluding hydrogens is 361 g/mol. The Bertz CT molecular complexity index is 771. The zero-order chi connectivity index (χ0) is 19.0. The summed E-state index contributed by atoms with van der Waals surface area (Å²) >= 11 is 0. The normalized spacial score (nSPS) is 16.3. The molecule has 1 aliphatic rings. The first-order valence-corrected chi connectivity index (χ1v) is 9.60. The van der Waals surface area contributed by atoms with E-state index in [0.717, 1.165) is 31.5 Å². The number of benzene rings is 2. The summed E-state index contributed by atoms with van der Waals surface area (Å²) in [5.74, 6) is 0.795. The molecule has 1 fully saturated rings. The number of hydrogen-bond acceptors (Lipinski definition) is 4. The molecule has 0 bridgehead atoms. The number of rotatable bonds is 4. The van der Waals surface area contributed by atoms with Crippen LogP contribution in [0.25, 0.3) is 0 Å². The third-order valence-corrected chi connectivity index (χ3v) is 4.00. The van der Waals surface area contributed by atoms with Gasteiger partial charge in [-0.2, -0.15) is 8.42 Å². The van der Waals surface area contributed by atoms with Gasteiger partial charge in [0, 0.05) is 12.0 Å². The van der Waals surface area contributed by atoms with Crippen LogP contribution >= 0.6 is 0 Å². The highest BCUT2D eigenvalue weighted by atomic mass is 32.3. The van der Waals surface area contributed by atoms with Crippen LogP contribution in [0.3, 0.4) is 0 Å². The fourth-order valence-corrected chi connectivity index (χ4v) is 2.91. The number of ether oxygens (including phenoxy) is 1. The van der Waals surface area contributed by atoms with Gasteiger partial charge in [-0.3, -0.25) is 9.11 Å². The Hall–Kier alpha value is -2.00. The van der Waals surface area contributed by atoms with Crippen LogP contribution in [0.4, 0.5) is 4.39 Å². The lowest BCUT2D eigenvalue weighted by molar-refractivity contribution is 0.112. The first-order chi connectivity index (χ1) is 12.3. The molecule has 0 aromatic heterocycles. The molecule has 142 valence electrons. The van der Waals surface area contributed by atoms with Crippen molar-refractivity contribution in [1.82, 2.24) is 5.32 Å². The third-order valence-electron chi connectivity index (χ3n) is 4.00. The minimum absolute atomic E-state index is 0.0184. The molecule has 1 heterocycles. The molecule has 2 aromatic carbocycles. The first-order valence-electron chi connectivity index (χ1n) is 8.20. The second-order valence-electron chi connectivity index (χ2n) is 5.94.